The predicted octanol–water partition coefficient (Wildman–Crippen LogP) is 2.06. The Kier molecular flexibility index (Phi) is 8.19. The van der Waals surface area contributed by atoms with Crippen molar-refractivity contribution < 1.29 is 4.79 Å². The number of rotatable bonds is 6. The van der Waals surface area contributed by atoms with Crippen molar-refractivity contribution in [2.45, 2.75) is 78.4 Å². The summed E-state index contributed by atoms with van der Waals surface area (Å²) in [5, 5.41) is 6.90. The molecule has 0 aliphatic carbocycles. The largest absolute Gasteiger partial charge is 0.357 e. The van der Waals surface area contributed by atoms with Crippen LogP contribution in [0.4, 0.5) is 0 Å². The standard InChI is InChI=1S/C20H39N5O/c1-6-21-20(22-13-17(5)25-11-8-7-9-16(25)4)23-18-10-12-24(14-18)19(26)15(2)3/h15-18H,6-14H2,1-5H3,(H2,21,22,23). The summed E-state index contributed by atoms with van der Waals surface area (Å²) < 4.78 is 0. The van der Waals surface area contributed by atoms with Crippen LogP contribution >= 0.6 is 0 Å². The van der Waals surface area contributed by atoms with Crippen LogP contribution < -0.4 is 10.6 Å². The minimum atomic E-state index is 0.0723. The quantitative estimate of drug-likeness (QED) is 0.559. The lowest BCUT2D eigenvalue weighted by molar-refractivity contribution is -0.133. The average molecular weight is 366 g/mol. The van der Waals surface area contributed by atoms with Crippen molar-refractivity contribution >= 4 is 11.9 Å². The summed E-state index contributed by atoms with van der Waals surface area (Å²) in [5.74, 6) is 1.21. The Labute approximate surface area is 159 Å². The maximum absolute atomic E-state index is 12.2. The zero-order valence-electron chi connectivity index (χ0n) is 17.4. The van der Waals surface area contributed by atoms with Crippen molar-refractivity contribution in [3.63, 3.8) is 0 Å². The summed E-state index contributed by atoms with van der Waals surface area (Å²) in [7, 11) is 0. The van der Waals surface area contributed by atoms with Gasteiger partial charge in [-0.3, -0.25) is 14.7 Å². The summed E-state index contributed by atoms with van der Waals surface area (Å²) in [6.45, 7) is 15.1. The van der Waals surface area contributed by atoms with Gasteiger partial charge in [-0.25, -0.2) is 0 Å². The molecular weight excluding hydrogens is 326 g/mol. The summed E-state index contributed by atoms with van der Waals surface area (Å²) in [5.41, 5.74) is 0. The van der Waals surface area contributed by atoms with E-state index in [1.165, 1.54) is 25.8 Å². The molecule has 0 bridgehead atoms. The third-order valence-corrected chi connectivity index (χ3v) is 5.61. The molecule has 2 fully saturated rings. The Morgan fingerprint density at radius 1 is 1.19 bits per heavy atom. The molecule has 1 amide bonds. The topological polar surface area (TPSA) is 60.0 Å². The second-order valence-electron chi connectivity index (χ2n) is 8.22. The van der Waals surface area contributed by atoms with Gasteiger partial charge in [0.25, 0.3) is 0 Å². The van der Waals surface area contributed by atoms with Gasteiger partial charge in [0, 0.05) is 43.7 Å². The van der Waals surface area contributed by atoms with E-state index in [2.05, 4.69) is 36.3 Å². The van der Waals surface area contributed by atoms with E-state index in [-0.39, 0.29) is 11.8 Å². The number of aliphatic imine (C=N–C) groups is 1. The number of hydrogen-bond donors (Lipinski definition) is 2. The molecule has 2 aliphatic heterocycles. The molecule has 0 saturated carbocycles. The third kappa shape index (κ3) is 5.86. The fourth-order valence-electron chi connectivity index (χ4n) is 4.06. The lowest BCUT2D eigenvalue weighted by atomic mass is 10.0. The van der Waals surface area contributed by atoms with Crippen LogP contribution in [0, 0.1) is 5.92 Å². The number of guanidine groups is 1. The van der Waals surface area contributed by atoms with Gasteiger partial charge in [-0.15, -0.1) is 0 Å². The van der Waals surface area contributed by atoms with Gasteiger partial charge in [-0.2, -0.15) is 0 Å². The Morgan fingerprint density at radius 2 is 1.96 bits per heavy atom. The maximum atomic E-state index is 12.2. The van der Waals surface area contributed by atoms with Crippen molar-refractivity contribution in [1.82, 2.24) is 20.4 Å². The van der Waals surface area contributed by atoms with Crippen molar-refractivity contribution in [1.29, 1.82) is 0 Å². The van der Waals surface area contributed by atoms with Crippen molar-refractivity contribution in [2.24, 2.45) is 10.9 Å². The van der Waals surface area contributed by atoms with Gasteiger partial charge in [0.2, 0.25) is 5.91 Å². The molecule has 0 aromatic carbocycles. The van der Waals surface area contributed by atoms with Crippen LogP contribution in [-0.4, -0.2) is 72.5 Å². The smallest absolute Gasteiger partial charge is 0.225 e. The van der Waals surface area contributed by atoms with Crippen LogP contribution in [-0.2, 0) is 4.79 Å². The lowest BCUT2D eigenvalue weighted by Gasteiger charge is -2.37. The number of likely N-dealkylation sites (tertiary alicyclic amines) is 2. The molecule has 6 heteroatoms. The molecule has 150 valence electrons. The van der Waals surface area contributed by atoms with E-state index in [9.17, 15) is 4.79 Å². The number of nitrogens with one attached hydrogen (secondary N) is 2. The van der Waals surface area contributed by atoms with Crippen LogP contribution in [0.15, 0.2) is 4.99 Å². The first-order chi connectivity index (χ1) is 12.4. The van der Waals surface area contributed by atoms with Crippen LogP contribution in [0.2, 0.25) is 0 Å². The molecule has 2 heterocycles. The normalized spacial score (nSPS) is 26.2. The first-order valence-electron chi connectivity index (χ1n) is 10.5. The number of amides is 1. The molecular formula is C20H39N5O. The van der Waals surface area contributed by atoms with E-state index >= 15 is 0 Å². The SMILES string of the molecule is CCNC(=NCC(C)N1CCCCC1C)NC1CCN(C(=O)C(C)C)C1. The highest BCUT2D eigenvalue weighted by molar-refractivity contribution is 5.81. The lowest BCUT2D eigenvalue weighted by Crippen LogP contribution is -2.47. The van der Waals surface area contributed by atoms with Crippen molar-refractivity contribution in [2.75, 3.05) is 32.7 Å². The Morgan fingerprint density at radius 3 is 2.62 bits per heavy atom. The van der Waals surface area contributed by atoms with Gasteiger partial charge in [0.1, 0.15) is 0 Å². The van der Waals surface area contributed by atoms with Crippen LogP contribution in [0.25, 0.3) is 0 Å². The third-order valence-electron chi connectivity index (χ3n) is 5.61. The molecule has 0 aromatic heterocycles. The Balaban J connectivity index is 1.87. The first kappa shape index (κ1) is 21.0. The van der Waals surface area contributed by atoms with Gasteiger partial charge in [-0.05, 0) is 46.6 Å². The first-order valence-corrected chi connectivity index (χ1v) is 10.5. The van der Waals surface area contributed by atoms with Crippen LogP contribution in [0.5, 0.6) is 0 Å². The van der Waals surface area contributed by atoms with Gasteiger partial charge in [0.15, 0.2) is 5.96 Å². The van der Waals surface area contributed by atoms with E-state index < -0.39 is 0 Å². The highest BCUT2D eigenvalue weighted by atomic mass is 16.2. The average Bonchev–Trinajstić information content (AvgIpc) is 3.07. The van der Waals surface area contributed by atoms with Gasteiger partial charge in [0.05, 0.1) is 6.54 Å². The molecule has 6 nitrogen and oxygen atoms in total. The number of carbonyl (C=O) groups excluding carboxylic acids is 1. The minimum absolute atomic E-state index is 0.0723. The zero-order chi connectivity index (χ0) is 19.1. The molecule has 0 aromatic rings. The monoisotopic (exact) mass is 365 g/mol. The second kappa shape index (κ2) is 10.1. The number of hydrogen-bond acceptors (Lipinski definition) is 3. The van der Waals surface area contributed by atoms with E-state index in [4.69, 9.17) is 4.99 Å². The number of nitrogens with zero attached hydrogens (tertiary/aromatic N) is 3. The van der Waals surface area contributed by atoms with Crippen molar-refractivity contribution in [3.05, 3.63) is 0 Å². The summed E-state index contributed by atoms with van der Waals surface area (Å²) >= 11 is 0. The molecule has 2 aliphatic rings. The second-order valence-corrected chi connectivity index (χ2v) is 8.22. The molecule has 26 heavy (non-hydrogen) atoms. The molecule has 2 N–H and O–H groups in total. The van der Waals surface area contributed by atoms with Crippen LogP contribution in [0.1, 0.15) is 60.3 Å². The Hall–Kier alpha value is -1.30. The van der Waals surface area contributed by atoms with Crippen LogP contribution in [0.3, 0.4) is 0 Å². The van der Waals surface area contributed by atoms with E-state index in [0.717, 1.165) is 38.6 Å². The van der Waals surface area contributed by atoms with E-state index in [0.29, 0.717) is 18.1 Å². The highest BCUT2D eigenvalue weighted by Gasteiger charge is 2.28. The fraction of sp³-hybridized carbons (Fsp3) is 0.900. The van der Waals surface area contributed by atoms with E-state index in [1.54, 1.807) is 0 Å². The maximum Gasteiger partial charge on any atom is 0.225 e. The summed E-state index contributed by atoms with van der Waals surface area (Å²) in [6.07, 6.45) is 4.94. The fourth-order valence-corrected chi connectivity index (χ4v) is 4.06. The molecule has 0 radical (unpaired) electrons. The predicted molar refractivity (Wildman–Crippen MR) is 108 cm³/mol. The summed E-state index contributed by atoms with van der Waals surface area (Å²) in [6, 6.07) is 1.41. The molecule has 0 spiro atoms. The molecule has 2 saturated heterocycles. The molecule has 2 rings (SSSR count). The highest BCUT2D eigenvalue weighted by Crippen LogP contribution is 2.19. The van der Waals surface area contributed by atoms with Crippen molar-refractivity contribution in [3.8, 4) is 0 Å². The van der Waals surface area contributed by atoms with Gasteiger partial charge in [-0.1, -0.05) is 20.3 Å². The molecule has 3 atom stereocenters. The molecule has 3 unspecified atom stereocenters. The Bertz CT molecular complexity index is 479. The zero-order valence-corrected chi connectivity index (χ0v) is 17.4. The number of piperidine rings is 1. The number of carbonyl (C=O) groups is 1. The minimum Gasteiger partial charge on any atom is -0.357 e. The summed E-state index contributed by atoms with van der Waals surface area (Å²) in [4.78, 5) is 21.6. The van der Waals surface area contributed by atoms with Gasteiger partial charge < -0.3 is 15.5 Å². The van der Waals surface area contributed by atoms with E-state index in [1.807, 2.05) is 18.7 Å². The van der Waals surface area contributed by atoms with Gasteiger partial charge >= 0.3 is 0 Å².